The topological polar surface area (TPSA) is 53.9 Å². The first kappa shape index (κ1) is 13.9. The molecule has 0 aliphatic rings. The Morgan fingerprint density at radius 1 is 1.58 bits per heavy atom. The average Bonchev–Trinajstić information content (AvgIpc) is 2.97. The molecule has 0 aliphatic heterocycles. The molecule has 0 radical (unpaired) electrons. The van der Waals surface area contributed by atoms with E-state index in [1.165, 1.54) is 0 Å². The fourth-order valence-corrected chi connectivity index (χ4v) is 2.36. The molecule has 0 fully saturated rings. The zero-order chi connectivity index (χ0) is 14.0. The lowest BCUT2D eigenvalue weighted by Gasteiger charge is -2.18. The zero-order valence-electron chi connectivity index (χ0n) is 11.2. The van der Waals surface area contributed by atoms with E-state index in [1.54, 1.807) is 24.3 Å². The summed E-state index contributed by atoms with van der Waals surface area (Å²) in [6.45, 7) is 4.57. The SMILES string of the molecule is CC(C)n1cc(Br)cc1C(=O)N(C)Cc1ncc[nH]1. The van der Waals surface area contributed by atoms with E-state index in [2.05, 4.69) is 39.7 Å². The number of nitrogens with zero attached hydrogens (tertiary/aromatic N) is 3. The van der Waals surface area contributed by atoms with E-state index in [1.807, 2.05) is 16.8 Å². The number of carbonyl (C=O) groups is 1. The van der Waals surface area contributed by atoms with Gasteiger partial charge in [-0.2, -0.15) is 0 Å². The summed E-state index contributed by atoms with van der Waals surface area (Å²) in [6.07, 6.45) is 5.36. The zero-order valence-corrected chi connectivity index (χ0v) is 12.8. The van der Waals surface area contributed by atoms with Crippen LogP contribution in [0.3, 0.4) is 0 Å². The molecular weight excluding hydrogens is 308 g/mol. The Kier molecular flexibility index (Phi) is 4.09. The number of rotatable bonds is 4. The van der Waals surface area contributed by atoms with Crippen LogP contribution in [0, 0.1) is 0 Å². The number of aromatic nitrogens is 3. The highest BCUT2D eigenvalue weighted by molar-refractivity contribution is 9.10. The van der Waals surface area contributed by atoms with E-state index < -0.39 is 0 Å². The second kappa shape index (κ2) is 5.61. The molecule has 2 rings (SSSR count). The average molecular weight is 325 g/mol. The lowest BCUT2D eigenvalue weighted by Crippen LogP contribution is -2.29. The molecule has 0 aliphatic carbocycles. The molecule has 0 spiro atoms. The van der Waals surface area contributed by atoms with E-state index in [9.17, 15) is 4.79 Å². The maximum atomic E-state index is 12.5. The first-order valence-corrected chi connectivity index (χ1v) is 6.89. The minimum absolute atomic E-state index is 0.0178. The molecule has 5 nitrogen and oxygen atoms in total. The van der Waals surface area contributed by atoms with Gasteiger partial charge in [0, 0.05) is 36.2 Å². The number of amides is 1. The van der Waals surface area contributed by atoms with Crippen molar-refractivity contribution in [1.29, 1.82) is 0 Å². The highest BCUT2D eigenvalue weighted by atomic mass is 79.9. The van der Waals surface area contributed by atoms with E-state index in [0.29, 0.717) is 12.2 Å². The van der Waals surface area contributed by atoms with Crippen molar-refractivity contribution in [2.24, 2.45) is 0 Å². The van der Waals surface area contributed by atoms with Crippen LogP contribution in [0.1, 0.15) is 36.2 Å². The third-order valence-corrected chi connectivity index (χ3v) is 3.31. The number of hydrogen-bond donors (Lipinski definition) is 1. The summed E-state index contributed by atoms with van der Waals surface area (Å²) in [4.78, 5) is 21.2. The third-order valence-electron chi connectivity index (χ3n) is 2.88. The number of hydrogen-bond acceptors (Lipinski definition) is 2. The minimum Gasteiger partial charge on any atom is -0.347 e. The lowest BCUT2D eigenvalue weighted by molar-refractivity contribution is 0.0769. The number of carbonyl (C=O) groups excluding carboxylic acids is 1. The van der Waals surface area contributed by atoms with Crippen molar-refractivity contribution in [3.05, 3.63) is 40.6 Å². The Hall–Kier alpha value is -1.56. The van der Waals surface area contributed by atoms with Gasteiger partial charge < -0.3 is 14.5 Å². The molecule has 2 aromatic rings. The Balaban J connectivity index is 2.19. The molecule has 1 N–H and O–H groups in total. The fourth-order valence-electron chi connectivity index (χ4n) is 1.92. The van der Waals surface area contributed by atoms with Crippen LogP contribution in [0.2, 0.25) is 0 Å². The Labute approximate surface area is 120 Å². The summed E-state index contributed by atoms with van der Waals surface area (Å²) in [6, 6.07) is 2.09. The van der Waals surface area contributed by atoms with Gasteiger partial charge in [0.15, 0.2) is 0 Å². The Morgan fingerprint density at radius 2 is 2.32 bits per heavy atom. The smallest absolute Gasteiger partial charge is 0.270 e. The van der Waals surface area contributed by atoms with Crippen LogP contribution in [0.5, 0.6) is 0 Å². The van der Waals surface area contributed by atoms with Gasteiger partial charge in [-0.05, 0) is 35.8 Å². The van der Waals surface area contributed by atoms with Crippen molar-refractivity contribution in [3.63, 3.8) is 0 Å². The van der Waals surface area contributed by atoms with Crippen molar-refractivity contribution < 1.29 is 4.79 Å². The van der Waals surface area contributed by atoms with Crippen molar-refractivity contribution in [1.82, 2.24) is 19.4 Å². The van der Waals surface area contributed by atoms with Crippen molar-refractivity contribution in [2.45, 2.75) is 26.4 Å². The largest absolute Gasteiger partial charge is 0.347 e. The van der Waals surface area contributed by atoms with Crippen LogP contribution in [-0.4, -0.2) is 32.4 Å². The summed E-state index contributed by atoms with van der Waals surface area (Å²) in [5, 5.41) is 0. The molecular formula is C13H17BrN4O. The quantitative estimate of drug-likeness (QED) is 0.940. The van der Waals surface area contributed by atoms with Crippen LogP contribution >= 0.6 is 15.9 Å². The highest BCUT2D eigenvalue weighted by Gasteiger charge is 2.19. The van der Waals surface area contributed by atoms with Crippen molar-refractivity contribution in [2.75, 3.05) is 7.05 Å². The fraction of sp³-hybridized carbons (Fsp3) is 0.385. The third kappa shape index (κ3) is 3.07. The number of halogens is 1. The Morgan fingerprint density at radius 3 is 2.89 bits per heavy atom. The van der Waals surface area contributed by atoms with Gasteiger partial charge in [0.05, 0.1) is 6.54 Å². The molecule has 0 unspecified atom stereocenters. The van der Waals surface area contributed by atoms with Crippen LogP contribution in [0.25, 0.3) is 0 Å². The summed E-state index contributed by atoms with van der Waals surface area (Å²) in [5.41, 5.74) is 0.677. The first-order chi connectivity index (χ1) is 8.99. The summed E-state index contributed by atoms with van der Waals surface area (Å²) in [5.74, 6) is 0.758. The monoisotopic (exact) mass is 324 g/mol. The van der Waals surface area contributed by atoms with Crippen LogP contribution < -0.4 is 0 Å². The van der Waals surface area contributed by atoms with Gasteiger partial charge in [-0.3, -0.25) is 4.79 Å². The molecule has 102 valence electrons. The normalized spacial score (nSPS) is 11.0. The standard InChI is InChI=1S/C13H17BrN4O/c1-9(2)18-7-10(14)6-11(18)13(19)17(3)8-12-15-4-5-16-12/h4-7,9H,8H2,1-3H3,(H,15,16). The number of imidazole rings is 1. The second-order valence-electron chi connectivity index (χ2n) is 4.74. The summed E-state index contributed by atoms with van der Waals surface area (Å²) >= 11 is 3.42. The highest BCUT2D eigenvalue weighted by Crippen LogP contribution is 2.20. The molecule has 0 atom stereocenters. The van der Waals surface area contributed by atoms with Gasteiger partial charge in [-0.1, -0.05) is 0 Å². The molecule has 6 heteroatoms. The Bertz CT molecular complexity index is 559. The second-order valence-corrected chi connectivity index (χ2v) is 5.66. The van der Waals surface area contributed by atoms with Crippen molar-refractivity contribution >= 4 is 21.8 Å². The molecule has 0 saturated heterocycles. The van der Waals surface area contributed by atoms with E-state index >= 15 is 0 Å². The number of nitrogens with one attached hydrogen (secondary N) is 1. The van der Waals surface area contributed by atoms with Crippen LogP contribution in [-0.2, 0) is 6.54 Å². The van der Waals surface area contributed by atoms with Crippen molar-refractivity contribution in [3.8, 4) is 0 Å². The molecule has 0 saturated carbocycles. The van der Waals surface area contributed by atoms with Gasteiger partial charge in [0.2, 0.25) is 0 Å². The maximum Gasteiger partial charge on any atom is 0.270 e. The van der Waals surface area contributed by atoms with Gasteiger partial charge in [-0.15, -0.1) is 0 Å². The number of aromatic amines is 1. The number of H-pyrrole nitrogens is 1. The molecule has 2 heterocycles. The van der Waals surface area contributed by atoms with Crippen LogP contribution in [0.15, 0.2) is 29.1 Å². The first-order valence-electron chi connectivity index (χ1n) is 6.10. The summed E-state index contributed by atoms with van der Waals surface area (Å²) < 4.78 is 2.88. The van der Waals surface area contributed by atoms with Gasteiger partial charge in [0.1, 0.15) is 11.5 Å². The van der Waals surface area contributed by atoms with E-state index in [-0.39, 0.29) is 11.9 Å². The predicted octanol–water partition coefficient (Wildman–Crippen LogP) is 2.83. The van der Waals surface area contributed by atoms with Gasteiger partial charge in [0.25, 0.3) is 5.91 Å². The predicted molar refractivity (Wildman–Crippen MR) is 76.9 cm³/mol. The lowest BCUT2D eigenvalue weighted by atomic mass is 10.3. The van der Waals surface area contributed by atoms with Gasteiger partial charge >= 0.3 is 0 Å². The summed E-state index contributed by atoms with van der Waals surface area (Å²) in [7, 11) is 1.77. The minimum atomic E-state index is -0.0178. The maximum absolute atomic E-state index is 12.5. The molecule has 19 heavy (non-hydrogen) atoms. The van der Waals surface area contributed by atoms with Crippen LogP contribution in [0.4, 0.5) is 0 Å². The molecule has 1 amide bonds. The van der Waals surface area contributed by atoms with E-state index in [0.717, 1.165) is 10.3 Å². The molecule has 2 aromatic heterocycles. The molecule has 0 bridgehead atoms. The van der Waals surface area contributed by atoms with E-state index in [4.69, 9.17) is 0 Å². The van der Waals surface area contributed by atoms with Gasteiger partial charge in [-0.25, -0.2) is 4.98 Å². The molecule has 0 aromatic carbocycles.